The third kappa shape index (κ3) is 4.04. The lowest BCUT2D eigenvalue weighted by Crippen LogP contribution is -2.40. The molecule has 0 bridgehead atoms. The number of aliphatic hydroxyl groups excluding tert-OH is 1. The van der Waals surface area contributed by atoms with Crippen LogP contribution in [0, 0.1) is 18.8 Å². The van der Waals surface area contributed by atoms with Crippen LogP contribution < -0.4 is 4.74 Å². The first-order valence-electron chi connectivity index (χ1n) is 9.40. The van der Waals surface area contributed by atoms with E-state index >= 15 is 0 Å². The molecule has 2 amide bonds. The van der Waals surface area contributed by atoms with Crippen molar-refractivity contribution in [3.05, 3.63) is 40.4 Å². The van der Waals surface area contributed by atoms with Gasteiger partial charge < -0.3 is 9.84 Å². The van der Waals surface area contributed by atoms with Crippen LogP contribution in [0.1, 0.15) is 43.7 Å². The third-order valence-corrected chi connectivity index (χ3v) is 5.74. The van der Waals surface area contributed by atoms with Gasteiger partial charge in [0.05, 0.1) is 18.4 Å². The molecule has 1 aromatic carbocycles. The number of halogens is 1. The minimum Gasteiger partial charge on any atom is -0.491 e. The van der Waals surface area contributed by atoms with Crippen LogP contribution in [0.25, 0.3) is 0 Å². The highest BCUT2D eigenvalue weighted by Gasteiger charge is 2.47. The number of hydrogen-bond acceptors (Lipinski definition) is 4. The number of fused-ring (bicyclic) bond motifs is 1. The van der Waals surface area contributed by atoms with Crippen LogP contribution >= 0.6 is 11.6 Å². The Morgan fingerprint density at radius 3 is 2.33 bits per heavy atom. The molecular weight excluding hydrogens is 366 g/mol. The van der Waals surface area contributed by atoms with Crippen molar-refractivity contribution in [3.8, 4) is 5.75 Å². The molecule has 1 saturated heterocycles. The maximum Gasteiger partial charge on any atom is 0.233 e. The van der Waals surface area contributed by atoms with E-state index in [0.717, 1.165) is 11.1 Å². The van der Waals surface area contributed by atoms with Crippen molar-refractivity contribution in [2.75, 3.05) is 13.2 Å². The number of benzene rings is 1. The van der Waals surface area contributed by atoms with Crippen molar-refractivity contribution in [3.63, 3.8) is 0 Å². The maximum atomic E-state index is 12.5. The van der Waals surface area contributed by atoms with Crippen LogP contribution in [0.3, 0.4) is 0 Å². The molecule has 0 aromatic heterocycles. The van der Waals surface area contributed by atoms with Gasteiger partial charge in [0.2, 0.25) is 11.8 Å². The fraction of sp³-hybridized carbons (Fsp3) is 0.524. The molecular formula is C21H26ClNO4. The number of likely N-dealkylation sites (tertiary alicyclic amines) is 1. The Morgan fingerprint density at radius 1 is 1.19 bits per heavy atom. The number of allylic oxidation sites excluding steroid dienone is 2. The number of aliphatic hydroxyl groups is 1. The van der Waals surface area contributed by atoms with E-state index in [2.05, 4.69) is 0 Å². The van der Waals surface area contributed by atoms with Gasteiger partial charge in [0.25, 0.3) is 0 Å². The van der Waals surface area contributed by atoms with Crippen LogP contribution in [0.5, 0.6) is 5.75 Å². The van der Waals surface area contributed by atoms with E-state index in [-0.39, 0.29) is 42.7 Å². The molecule has 0 spiro atoms. The highest BCUT2D eigenvalue weighted by molar-refractivity contribution is 6.31. The first-order valence-corrected chi connectivity index (χ1v) is 9.78. The van der Waals surface area contributed by atoms with Gasteiger partial charge in [0, 0.05) is 5.02 Å². The summed E-state index contributed by atoms with van der Waals surface area (Å²) < 4.78 is 5.83. The second kappa shape index (κ2) is 8.03. The topological polar surface area (TPSA) is 66.8 Å². The van der Waals surface area contributed by atoms with E-state index in [9.17, 15) is 14.7 Å². The summed E-state index contributed by atoms with van der Waals surface area (Å²) in [4.78, 5) is 26.2. The molecule has 5 nitrogen and oxygen atoms in total. The quantitative estimate of drug-likeness (QED) is 0.595. The zero-order valence-corrected chi connectivity index (χ0v) is 16.7. The summed E-state index contributed by atoms with van der Waals surface area (Å²) >= 11 is 6.21. The molecule has 3 unspecified atom stereocenters. The largest absolute Gasteiger partial charge is 0.491 e. The normalized spacial score (nSPS) is 23.1. The molecule has 0 radical (unpaired) electrons. The van der Waals surface area contributed by atoms with E-state index < -0.39 is 6.10 Å². The zero-order valence-electron chi connectivity index (χ0n) is 15.9. The number of carbonyl (C=O) groups excluding carboxylic acids is 2. The molecule has 3 rings (SSSR count). The first-order chi connectivity index (χ1) is 12.8. The molecule has 1 aromatic rings. The van der Waals surface area contributed by atoms with E-state index in [1.807, 2.05) is 45.1 Å². The molecule has 1 heterocycles. The smallest absolute Gasteiger partial charge is 0.233 e. The van der Waals surface area contributed by atoms with Gasteiger partial charge in [-0.05, 0) is 48.9 Å². The first kappa shape index (κ1) is 19.9. The molecule has 146 valence electrons. The van der Waals surface area contributed by atoms with Crippen molar-refractivity contribution in [1.29, 1.82) is 0 Å². The zero-order chi connectivity index (χ0) is 19.7. The van der Waals surface area contributed by atoms with Crippen LogP contribution in [0.4, 0.5) is 0 Å². The fourth-order valence-corrected chi connectivity index (χ4v) is 3.92. The molecule has 1 N–H and O–H groups in total. The molecule has 27 heavy (non-hydrogen) atoms. The van der Waals surface area contributed by atoms with Gasteiger partial charge in [-0.25, -0.2) is 0 Å². The van der Waals surface area contributed by atoms with Crippen molar-refractivity contribution in [1.82, 2.24) is 4.90 Å². The highest BCUT2D eigenvalue weighted by Crippen LogP contribution is 2.35. The molecule has 1 aliphatic heterocycles. The van der Waals surface area contributed by atoms with Gasteiger partial charge in [-0.1, -0.05) is 37.6 Å². The SMILES string of the molecule is Cc1cc(OCC(O)CN2C(=O)C3CC=CCC3C2=O)c(C(C)C)cc1Cl. The van der Waals surface area contributed by atoms with Gasteiger partial charge in [-0.3, -0.25) is 14.5 Å². The van der Waals surface area contributed by atoms with Crippen molar-refractivity contribution in [2.45, 2.75) is 45.6 Å². The lowest BCUT2D eigenvalue weighted by molar-refractivity contribution is -0.141. The van der Waals surface area contributed by atoms with Crippen molar-refractivity contribution < 1.29 is 19.4 Å². The van der Waals surface area contributed by atoms with E-state index in [0.29, 0.717) is 23.6 Å². The second-order valence-corrected chi connectivity index (χ2v) is 8.11. The Bertz CT molecular complexity index is 748. The maximum absolute atomic E-state index is 12.5. The number of β-amino-alcohol motifs (C(OH)–C–C–N with tert-alkyl or cyclic N) is 1. The van der Waals surface area contributed by atoms with Crippen LogP contribution in [-0.4, -0.2) is 41.1 Å². The monoisotopic (exact) mass is 391 g/mol. The van der Waals surface area contributed by atoms with Crippen molar-refractivity contribution >= 4 is 23.4 Å². The lowest BCUT2D eigenvalue weighted by Gasteiger charge is -2.21. The molecule has 0 saturated carbocycles. The summed E-state index contributed by atoms with van der Waals surface area (Å²) in [5.74, 6) is -0.0307. The van der Waals surface area contributed by atoms with Gasteiger partial charge in [0.15, 0.2) is 0 Å². The van der Waals surface area contributed by atoms with Crippen LogP contribution in [0.2, 0.25) is 5.02 Å². The number of aryl methyl sites for hydroxylation is 1. The summed E-state index contributed by atoms with van der Waals surface area (Å²) in [7, 11) is 0. The number of hydrogen-bond donors (Lipinski definition) is 1. The number of nitrogens with zero attached hydrogens (tertiary/aromatic N) is 1. The van der Waals surface area contributed by atoms with Gasteiger partial charge in [0.1, 0.15) is 18.5 Å². The number of imide groups is 1. The van der Waals surface area contributed by atoms with Gasteiger partial charge in [-0.15, -0.1) is 0 Å². The Balaban J connectivity index is 1.64. The Labute approximate surface area is 164 Å². The van der Waals surface area contributed by atoms with Gasteiger partial charge >= 0.3 is 0 Å². The lowest BCUT2D eigenvalue weighted by atomic mass is 9.85. The predicted molar refractivity (Wildman–Crippen MR) is 104 cm³/mol. The number of ether oxygens (including phenoxy) is 1. The predicted octanol–water partition coefficient (Wildman–Crippen LogP) is 3.46. The number of amides is 2. The minimum atomic E-state index is -0.943. The van der Waals surface area contributed by atoms with Crippen molar-refractivity contribution in [2.24, 2.45) is 11.8 Å². The third-order valence-electron chi connectivity index (χ3n) is 5.34. The standard InChI is InChI=1S/C21H26ClNO4/c1-12(2)17-9-18(22)13(3)8-19(17)27-11-14(24)10-23-20(25)15-6-4-5-7-16(15)21(23)26/h4-5,8-9,12,14-16,24H,6-7,10-11H2,1-3H3. The van der Waals surface area contributed by atoms with Crippen LogP contribution in [0.15, 0.2) is 24.3 Å². The summed E-state index contributed by atoms with van der Waals surface area (Å²) in [5.41, 5.74) is 1.86. The second-order valence-electron chi connectivity index (χ2n) is 7.70. The summed E-state index contributed by atoms with van der Waals surface area (Å²) in [5, 5.41) is 11.1. The average Bonchev–Trinajstić information content (AvgIpc) is 2.87. The average molecular weight is 392 g/mol. The summed E-state index contributed by atoms with van der Waals surface area (Å²) in [6.45, 7) is 5.95. The minimum absolute atomic E-state index is 0.00539. The Morgan fingerprint density at radius 2 is 1.78 bits per heavy atom. The molecule has 6 heteroatoms. The van der Waals surface area contributed by atoms with E-state index in [1.54, 1.807) is 0 Å². The van der Waals surface area contributed by atoms with Crippen LogP contribution in [-0.2, 0) is 9.59 Å². The van der Waals surface area contributed by atoms with E-state index in [1.165, 1.54) is 4.90 Å². The summed E-state index contributed by atoms with van der Waals surface area (Å²) in [6.07, 6.45) is 4.15. The Hall–Kier alpha value is -1.85. The van der Waals surface area contributed by atoms with E-state index in [4.69, 9.17) is 16.3 Å². The fourth-order valence-electron chi connectivity index (χ4n) is 3.74. The van der Waals surface area contributed by atoms with Gasteiger partial charge in [-0.2, -0.15) is 0 Å². The molecule has 2 aliphatic rings. The number of carbonyl (C=O) groups is 2. The molecule has 1 aliphatic carbocycles. The number of rotatable bonds is 6. The molecule has 3 atom stereocenters. The summed E-state index contributed by atoms with van der Waals surface area (Å²) in [6, 6.07) is 3.74. The Kier molecular flexibility index (Phi) is 5.92. The highest BCUT2D eigenvalue weighted by atomic mass is 35.5. The molecule has 1 fully saturated rings.